The van der Waals surface area contributed by atoms with Crippen molar-refractivity contribution in [2.45, 2.75) is 13.0 Å². The summed E-state index contributed by atoms with van der Waals surface area (Å²) >= 11 is 1.74. The monoisotopic (exact) mass is 316 g/mol. The molecule has 6 nitrogen and oxygen atoms in total. The summed E-state index contributed by atoms with van der Waals surface area (Å²) in [6.45, 7) is 1.34. The molecule has 0 unspecified atom stereocenters. The number of amides is 3. The first kappa shape index (κ1) is 14.5. The maximum atomic E-state index is 12.2. The molecule has 114 valence electrons. The average molecular weight is 316 g/mol. The van der Waals surface area contributed by atoms with E-state index in [4.69, 9.17) is 0 Å². The van der Waals surface area contributed by atoms with Crippen molar-refractivity contribution in [3.05, 3.63) is 46.4 Å². The van der Waals surface area contributed by atoms with Crippen LogP contribution < -0.4 is 10.6 Å². The van der Waals surface area contributed by atoms with Crippen LogP contribution in [0.3, 0.4) is 0 Å². The Hall–Kier alpha value is -2.41. The Morgan fingerprint density at radius 2 is 2.09 bits per heavy atom. The van der Waals surface area contributed by atoms with Crippen LogP contribution in [0, 0.1) is 0 Å². The van der Waals surface area contributed by atoms with Crippen LogP contribution in [0.25, 0.3) is 0 Å². The summed E-state index contributed by atoms with van der Waals surface area (Å²) in [6, 6.07) is 5.03. The second-order valence-corrected chi connectivity index (χ2v) is 5.98. The predicted molar refractivity (Wildman–Crippen MR) is 84.7 cm³/mol. The van der Waals surface area contributed by atoms with E-state index in [0.717, 1.165) is 6.42 Å². The second-order valence-electron chi connectivity index (χ2n) is 4.98. The van der Waals surface area contributed by atoms with Gasteiger partial charge in [0.15, 0.2) is 0 Å². The Morgan fingerprint density at radius 1 is 1.27 bits per heavy atom. The van der Waals surface area contributed by atoms with Gasteiger partial charge >= 0.3 is 6.03 Å². The molecule has 2 aromatic heterocycles. The lowest BCUT2D eigenvalue weighted by atomic mass is 10.1. The van der Waals surface area contributed by atoms with E-state index in [9.17, 15) is 9.59 Å². The predicted octanol–water partition coefficient (Wildman–Crippen LogP) is 1.85. The third-order valence-corrected chi connectivity index (χ3v) is 4.52. The molecule has 0 radical (unpaired) electrons. The van der Waals surface area contributed by atoms with Gasteiger partial charge in [0.2, 0.25) is 5.91 Å². The number of carbonyl (C=O) groups excluding carboxylic acids is 2. The number of thiophene rings is 1. The molecule has 7 heteroatoms. The molecule has 3 amide bonds. The van der Waals surface area contributed by atoms with Crippen molar-refractivity contribution in [2.75, 3.05) is 18.4 Å². The van der Waals surface area contributed by atoms with Crippen LogP contribution in [-0.4, -0.2) is 34.9 Å². The van der Waals surface area contributed by atoms with E-state index in [0.29, 0.717) is 18.8 Å². The molecule has 2 aromatic rings. The second kappa shape index (κ2) is 6.57. The van der Waals surface area contributed by atoms with E-state index in [-0.39, 0.29) is 12.5 Å². The Kier molecular flexibility index (Phi) is 4.34. The summed E-state index contributed by atoms with van der Waals surface area (Å²) in [5, 5.41) is 7.29. The highest BCUT2D eigenvalue weighted by Crippen LogP contribution is 2.23. The standard InChI is InChI=1S/C15H16N4O2S/c20-14(19-7-3-13-11(10-19)4-8-22-13)9-17-15(21)18-12-1-5-16-6-2-12/h1-2,4-6,8H,3,7,9-10H2,(H2,16,17,18,21). The van der Waals surface area contributed by atoms with Crippen LogP contribution in [-0.2, 0) is 17.8 Å². The van der Waals surface area contributed by atoms with E-state index in [1.54, 1.807) is 40.8 Å². The fourth-order valence-corrected chi connectivity index (χ4v) is 3.23. The molecule has 3 heterocycles. The molecule has 0 aromatic carbocycles. The molecule has 1 aliphatic rings. The summed E-state index contributed by atoms with van der Waals surface area (Å²) in [5.74, 6) is -0.0678. The number of nitrogens with zero attached hydrogens (tertiary/aromatic N) is 2. The molecule has 0 spiro atoms. The molecule has 3 rings (SSSR count). The SMILES string of the molecule is O=C(NCC(=O)N1CCc2sccc2C1)Nc1ccncc1. The number of anilines is 1. The van der Waals surface area contributed by atoms with Gasteiger partial charge in [0.05, 0.1) is 6.54 Å². The molecule has 0 saturated carbocycles. The third-order valence-electron chi connectivity index (χ3n) is 3.50. The molecule has 0 saturated heterocycles. The topological polar surface area (TPSA) is 74.3 Å². The first-order valence-corrected chi connectivity index (χ1v) is 7.88. The summed E-state index contributed by atoms with van der Waals surface area (Å²) in [5.41, 5.74) is 1.85. The summed E-state index contributed by atoms with van der Waals surface area (Å²) in [4.78, 5) is 30.9. The van der Waals surface area contributed by atoms with Crippen LogP contribution in [0.5, 0.6) is 0 Å². The Labute approximate surface area is 132 Å². The van der Waals surface area contributed by atoms with Gasteiger partial charge in [-0.3, -0.25) is 9.78 Å². The van der Waals surface area contributed by atoms with Crippen molar-refractivity contribution in [3.8, 4) is 0 Å². The third kappa shape index (κ3) is 3.43. The van der Waals surface area contributed by atoms with Crippen molar-refractivity contribution in [1.29, 1.82) is 0 Å². The highest BCUT2D eigenvalue weighted by molar-refractivity contribution is 7.10. The van der Waals surface area contributed by atoms with Crippen LogP contribution in [0.1, 0.15) is 10.4 Å². The van der Waals surface area contributed by atoms with E-state index in [2.05, 4.69) is 27.1 Å². The quantitative estimate of drug-likeness (QED) is 0.907. The molecule has 1 aliphatic heterocycles. The largest absolute Gasteiger partial charge is 0.336 e. The Morgan fingerprint density at radius 3 is 2.91 bits per heavy atom. The molecule has 0 bridgehead atoms. The first-order valence-electron chi connectivity index (χ1n) is 7.00. The highest BCUT2D eigenvalue weighted by atomic mass is 32.1. The van der Waals surface area contributed by atoms with Crippen LogP contribution in [0.2, 0.25) is 0 Å². The molecule has 0 fully saturated rings. The van der Waals surface area contributed by atoms with Gasteiger partial charge in [0.25, 0.3) is 0 Å². The average Bonchev–Trinajstić information content (AvgIpc) is 3.01. The number of nitrogens with one attached hydrogen (secondary N) is 2. The van der Waals surface area contributed by atoms with Crippen LogP contribution in [0.15, 0.2) is 36.0 Å². The molecule has 0 atom stereocenters. The van der Waals surface area contributed by atoms with Crippen molar-refractivity contribution in [3.63, 3.8) is 0 Å². The van der Waals surface area contributed by atoms with Gasteiger partial charge in [-0.15, -0.1) is 11.3 Å². The van der Waals surface area contributed by atoms with Crippen LogP contribution in [0.4, 0.5) is 10.5 Å². The van der Waals surface area contributed by atoms with Crippen molar-refractivity contribution in [1.82, 2.24) is 15.2 Å². The Bertz CT molecular complexity index is 671. The minimum atomic E-state index is -0.396. The fraction of sp³-hybridized carbons (Fsp3) is 0.267. The van der Waals surface area contributed by atoms with Gasteiger partial charge in [-0.25, -0.2) is 4.79 Å². The van der Waals surface area contributed by atoms with E-state index >= 15 is 0 Å². The molecule has 2 N–H and O–H groups in total. The first-order chi connectivity index (χ1) is 10.7. The fourth-order valence-electron chi connectivity index (χ4n) is 2.34. The maximum Gasteiger partial charge on any atom is 0.319 e. The smallest absolute Gasteiger partial charge is 0.319 e. The molecular weight excluding hydrogens is 300 g/mol. The van der Waals surface area contributed by atoms with Gasteiger partial charge in [-0.2, -0.15) is 0 Å². The highest BCUT2D eigenvalue weighted by Gasteiger charge is 2.21. The van der Waals surface area contributed by atoms with Crippen LogP contribution >= 0.6 is 11.3 Å². The number of fused-ring (bicyclic) bond motifs is 1. The lowest BCUT2D eigenvalue weighted by molar-refractivity contribution is -0.130. The van der Waals surface area contributed by atoms with Crippen molar-refractivity contribution >= 4 is 29.0 Å². The lowest BCUT2D eigenvalue weighted by Gasteiger charge is -2.27. The summed E-state index contributed by atoms with van der Waals surface area (Å²) in [6.07, 6.45) is 4.07. The number of hydrogen-bond donors (Lipinski definition) is 2. The zero-order valence-electron chi connectivity index (χ0n) is 11.9. The Balaban J connectivity index is 1.47. The number of pyridine rings is 1. The summed E-state index contributed by atoms with van der Waals surface area (Å²) < 4.78 is 0. The minimum Gasteiger partial charge on any atom is -0.336 e. The number of hydrogen-bond acceptors (Lipinski definition) is 4. The zero-order chi connectivity index (χ0) is 15.4. The van der Waals surface area contributed by atoms with Gasteiger partial charge in [-0.05, 0) is 35.6 Å². The van der Waals surface area contributed by atoms with Gasteiger partial charge < -0.3 is 15.5 Å². The van der Waals surface area contributed by atoms with E-state index in [1.807, 2.05) is 0 Å². The molecule has 0 aliphatic carbocycles. The van der Waals surface area contributed by atoms with E-state index < -0.39 is 6.03 Å². The van der Waals surface area contributed by atoms with Gasteiger partial charge in [0.1, 0.15) is 0 Å². The number of rotatable bonds is 3. The van der Waals surface area contributed by atoms with Gasteiger partial charge in [-0.1, -0.05) is 0 Å². The zero-order valence-corrected chi connectivity index (χ0v) is 12.7. The number of carbonyl (C=O) groups is 2. The molecular formula is C15H16N4O2S. The minimum absolute atomic E-state index is 0.00358. The van der Waals surface area contributed by atoms with Crippen molar-refractivity contribution < 1.29 is 9.59 Å². The molecule has 22 heavy (non-hydrogen) atoms. The number of aromatic nitrogens is 1. The summed E-state index contributed by atoms with van der Waals surface area (Å²) in [7, 11) is 0. The maximum absolute atomic E-state index is 12.2. The number of urea groups is 1. The van der Waals surface area contributed by atoms with Crippen molar-refractivity contribution in [2.24, 2.45) is 0 Å². The normalized spacial score (nSPS) is 13.4. The van der Waals surface area contributed by atoms with Gasteiger partial charge in [0, 0.05) is 36.0 Å². The van der Waals surface area contributed by atoms with E-state index in [1.165, 1.54) is 10.4 Å². The lowest BCUT2D eigenvalue weighted by Crippen LogP contribution is -2.43.